The summed E-state index contributed by atoms with van der Waals surface area (Å²) in [7, 11) is 0. The van der Waals surface area contributed by atoms with Gasteiger partial charge in [-0.25, -0.2) is 0 Å². The normalized spacial score (nSPS) is 10.2. The number of carbonyl (C=O) groups is 2. The van der Waals surface area contributed by atoms with Crippen LogP contribution in [-0.2, 0) is 0 Å². The lowest BCUT2D eigenvalue weighted by Crippen LogP contribution is -2.15. The second kappa shape index (κ2) is 6.28. The fourth-order valence-corrected chi connectivity index (χ4v) is 2.24. The van der Waals surface area contributed by atoms with Gasteiger partial charge in [0.15, 0.2) is 0 Å². The number of aryl methyl sites for hydroxylation is 1. The van der Waals surface area contributed by atoms with Crippen molar-refractivity contribution in [2.45, 2.75) is 6.92 Å². The number of nitrogens with one attached hydrogen (secondary N) is 1. The average molecular weight is 368 g/mol. The quantitative estimate of drug-likeness (QED) is 0.867. The lowest BCUT2D eigenvalue weighted by atomic mass is 10.1. The van der Waals surface area contributed by atoms with E-state index in [1.54, 1.807) is 24.3 Å². The average Bonchev–Trinajstić information content (AvgIpc) is 2.43. The highest BCUT2D eigenvalue weighted by molar-refractivity contribution is 9.10. The fraction of sp³-hybridized carbons (Fsp3) is 0.0667. The summed E-state index contributed by atoms with van der Waals surface area (Å²) in [6.45, 7) is 1.90. The zero-order chi connectivity index (χ0) is 15.6. The number of hydrogen-bond donors (Lipinski definition) is 2. The molecule has 0 bridgehead atoms. The number of anilines is 1. The molecule has 6 heteroatoms. The van der Waals surface area contributed by atoms with Gasteiger partial charge in [-0.1, -0.05) is 27.5 Å². The van der Waals surface area contributed by atoms with Crippen LogP contribution in [0.1, 0.15) is 26.3 Å². The second-order valence-corrected chi connectivity index (χ2v) is 5.74. The zero-order valence-corrected chi connectivity index (χ0v) is 13.5. The third-order valence-electron chi connectivity index (χ3n) is 2.91. The van der Waals surface area contributed by atoms with Crippen LogP contribution in [0.3, 0.4) is 0 Å². The third kappa shape index (κ3) is 3.62. The van der Waals surface area contributed by atoms with Gasteiger partial charge in [-0.15, -0.1) is 0 Å². The first-order valence-electron chi connectivity index (χ1n) is 6.05. The molecule has 0 aliphatic heterocycles. The molecule has 0 aliphatic rings. The van der Waals surface area contributed by atoms with Crippen LogP contribution in [0, 0.1) is 6.92 Å². The first-order valence-corrected chi connectivity index (χ1v) is 7.22. The molecule has 2 aromatic carbocycles. The molecular weight excluding hydrogens is 356 g/mol. The van der Waals surface area contributed by atoms with Gasteiger partial charge in [0, 0.05) is 15.7 Å². The van der Waals surface area contributed by atoms with Gasteiger partial charge in [-0.3, -0.25) is 9.59 Å². The topological polar surface area (TPSA) is 72.2 Å². The maximum absolute atomic E-state index is 12.2. The van der Waals surface area contributed by atoms with Crippen LogP contribution in [0.5, 0.6) is 0 Å². The number of carbonyl (C=O) groups excluding carboxylic acids is 2. The highest BCUT2D eigenvalue weighted by atomic mass is 79.9. The zero-order valence-electron chi connectivity index (χ0n) is 11.1. The molecule has 0 heterocycles. The molecule has 0 aromatic heterocycles. The molecule has 0 atom stereocenters. The fourth-order valence-electron chi connectivity index (χ4n) is 1.78. The molecule has 2 rings (SSSR count). The molecule has 0 saturated carbocycles. The van der Waals surface area contributed by atoms with Crippen LogP contribution in [0.2, 0.25) is 5.02 Å². The molecular formula is C15H12BrClN2O2. The van der Waals surface area contributed by atoms with E-state index in [1.165, 1.54) is 12.1 Å². The predicted octanol–water partition coefficient (Wildman–Crippen LogP) is 3.76. The van der Waals surface area contributed by atoms with Gasteiger partial charge < -0.3 is 11.1 Å². The summed E-state index contributed by atoms with van der Waals surface area (Å²) in [5, 5.41) is 2.96. The van der Waals surface area contributed by atoms with E-state index < -0.39 is 5.91 Å². The Morgan fingerprint density at radius 1 is 1.19 bits per heavy atom. The first kappa shape index (κ1) is 15.5. The Balaban J connectivity index is 2.25. The number of amides is 2. The van der Waals surface area contributed by atoms with Gasteiger partial charge in [0.1, 0.15) is 0 Å². The van der Waals surface area contributed by atoms with Gasteiger partial charge in [-0.2, -0.15) is 0 Å². The van der Waals surface area contributed by atoms with E-state index in [2.05, 4.69) is 21.2 Å². The lowest BCUT2D eigenvalue weighted by molar-refractivity contribution is 0.0996. The van der Waals surface area contributed by atoms with Crippen molar-refractivity contribution in [3.63, 3.8) is 0 Å². The largest absolute Gasteiger partial charge is 0.366 e. The molecule has 0 saturated heterocycles. The van der Waals surface area contributed by atoms with Gasteiger partial charge in [0.25, 0.3) is 5.91 Å². The Labute approximate surface area is 135 Å². The Bertz CT molecular complexity index is 732. The summed E-state index contributed by atoms with van der Waals surface area (Å²) >= 11 is 9.25. The molecule has 0 unspecified atom stereocenters. The van der Waals surface area contributed by atoms with Gasteiger partial charge in [0.2, 0.25) is 5.91 Å². The predicted molar refractivity (Wildman–Crippen MR) is 86.8 cm³/mol. The Hall–Kier alpha value is -1.85. The maximum Gasteiger partial charge on any atom is 0.255 e. The van der Waals surface area contributed by atoms with Crippen LogP contribution in [-0.4, -0.2) is 11.8 Å². The summed E-state index contributed by atoms with van der Waals surface area (Å²) in [6.07, 6.45) is 0. The molecule has 2 aromatic rings. The molecule has 108 valence electrons. The van der Waals surface area contributed by atoms with Gasteiger partial charge in [0.05, 0.1) is 10.6 Å². The van der Waals surface area contributed by atoms with Gasteiger partial charge in [-0.05, 0) is 48.9 Å². The van der Waals surface area contributed by atoms with Crippen molar-refractivity contribution >= 4 is 45.0 Å². The molecule has 3 N–H and O–H groups in total. The summed E-state index contributed by atoms with van der Waals surface area (Å²) in [5.41, 5.74) is 7.32. The van der Waals surface area contributed by atoms with Crippen LogP contribution < -0.4 is 11.1 Å². The number of rotatable bonds is 3. The van der Waals surface area contributed by atoms with E-state index in [9.17, 15) is 9.59 Å². The molecule has 0 spiro atoms. The molecule has 21 heavy (non-hydrogen) atoms. The Kier molecular flexibility index (Phi) is 4.65. The van der Waals surface area contributed by atoms with E-state index in [4.69, 9.17) is 17.3 Å². The summed E-state index contributed by atoms with van der Waals surface area (Å²) in [5.74, 6) is -0.918. The van der Waals surface area contributed by atoms with Crippen LogP contribution in [0.25, 0.3) is 0 Å². The standard InChI is InChI=1S/C15H12BrClN2O2/c1-8-6-9(2-4-12(8)16)15(21)19-10-3-5-13(17)11(7-10)14(18)20/h2-7H,1H3,(H2,18,20)(H,19,21). The smallest absolute Gasteiger partial charge is 0.255 e. The van der Waals surface area contributed by atoms with E-state index in [-0.39, 0.29) is 16.5 Å². The number of nitrogens with two attached hydrogens (primary N) is 1. The summed E-state index contributed by atoms with van der Waals surface area (Å²) in [6, 6.07) is 9.86. The van der Waals surface area contributed by atoms with Crippen molar-refractivity contribution in [2.24, 2.45) is 5.73 Å². The minimum atomic E-state index is -0.643. The first-order chi connectivity index (χ1) is 9.88. The van der Waals surface area contributed by atoms with Crippen LogP contribution >= 0.6 is 27.5 Å². The van der Waals surface area contributed by atoms with Gasteiger partial charge >= 0.3 is 0 Å². The van der Waals surface area contributed by atoms with Crippen LogP contribution in [0.15, 0.2) is 40.9 Å². The molecule has 0 radical (unpaired) electrons. The number of hydrogen-bond acceptors (Lipinski definition) is 2. The third-order valence-corrected chi connectivity index (χ3v) is 4.13. The summed E-state index contributed by atoms with van der Waals surface area (Å²) in [4.78, 5) is 23.4. The SMILES string of the molecule is Cc1cc(C(=O)Nc2ccc(Cl)c(C(N)=O)c2)ccc1Br. The van der Waals surface area contributed by atoms with Crippen molar-refractivity contribution in [1.82, 2.24) is 0 Å². The van der Waals surface area contributed by atoms with E-state index >= 15 is 0 Å². The van der Waals surface area contributed by atoms with Crippen molar-refractivity contribution in [2.75, 3.05) is 5.32 Å². The Morgan fingerprint density at radius 3 is 2.52 bits per heavy atom. The number of benzene rings is 2. The minimum absolute atomic E-state index is 0.168. The molecule has 0 fully saturated rings. The van der Waals surface area contributed by atoms with Crippen molar-refractivity contribution < 1.29 is 9.59 Å². The van der Waals surface area contributed by atoms with Crippen LogP contribution in [0.4, 0.5) is 5.69 Å². The summed E-state index contributed by atoms with van der Waals surface area (Å²) < 4.78 is 0.932. The Morgan fingerprint density at radius 2 is 1.90 bits per heavy atom. The highest BCUT2D eigenvalue weighted by Gasteiger charge is 2.11. The molecule has 0 aliphatic carbocycles. The van der Waals surface area contributed by atoms with E-state index in [0.717, 1.165) is 10.0 Å². The lowest BCUT2D eigenvalue weighted by Gasteiger charge is -2.08. The monoisotopic (exact) mass is 366 g/mol. The van der Waals surface area contributed by atoms with E-state index in [1.807, 2.05) is 6.92 Å². The maximum atomic E-state index is 12.2. The van der Waals surface area contributed by atoms with Crippen molar-refractivity contribution in [3.8, 4) is 0 Å². The second-order valence-electron chi connectivity index (χ2n) is 4.48. The minimum Gasteiger partial charge on any atom is -0.366 e. The van der Waals surface area contributed by atoms with Crippen molar-refractivity contribution in [3.05, 3.63) is 62.6 Å². The molecule has 2 amide bonds. The number of primary amides is 1. The van der Waals surface area contributed by atoms with E-state index in [0.29, 0.717) is 11.3 Å². The molecule has 4 nitrogen and oxygen atoms in total. The highest BCUT2D eigenvalue weighted by Crippen LogP contribution is 2.22. The van der Waals surface area contributed by atoms with Crippen molar-refractivity contribution in [1.29, 1.82) is 0 Å². The number of halogens is 2.